The maximum Gasteiger partial charge on any atom is 0.244 e. The maximum absolute atomic E-state index is 12.5. The normalized spacial score (nSPS) is 21.4. The second kappa shape index (κ2) is 5.88. The molecule has 1 aliphatic heterocycles. The molecule has 1 saturated heterocycles. The van der Waals surface area contributed by atoms with Gasteiger partial charge in [-0.05, 0) is 37.4 Å². The van der Waals surface area contributed by atoms with Gasteiger partial charge in [-0.2, -0.15) is 0 Å². The van der Waals surface area contributed by atoms with E-state index in [9.17, 15) is 13.5 Å². The van der Waals surface area contributed by atoms with Crippen LogP contribution in [-0.4, -0.2) is 56.5 Å². The molecule has 1 aliphatic rings. The second-order valence-corrected chi connectivity index (χ2v) is 8.08. The molecule has 0 saturated carbocycles. The highest BCUT2D eigenvalue weighted by molar-refractivity contribution is 7.89. The standard InChI is InChI=1S/C12H20N2O3S2/c1-13-5-3-10(7-13)8-14(2)19(16,17)12-4-6-18-11(12)9-15/h4,6,10,15H,3,5,7-9H2,1-2H3. The molecule has 5 nitrogen and oxygen atoms in total. The molecule has 1 N–H and O–H groups in total. The molecule has 19 heavy (non-hydrogen) atoms. The Hall–Kier alpha value is -0.470. The van der Waals surface area contributed by atoms with Gasteiger partial charge in [-0.25, -0.2) is 12.7 Å². The van der Waals surface area contributed by atoms with Crippen LogP contribution in [-0.2, 0) is 16.6 Å². The first-order valence-electron chi connectivity index (χ1n) is 6.27. The molecule has 1 atom stereocenters. The summed E-state index contributed by atoms with van der Waals surface area (Å²) in [6, 6.07) is 1.57. The van der Waals surface area contributed by atoms with Crippen LogP contribution in [0.4, 0.5) is 0 Å². The van der Waals surface area contributed by atoms with Gasteiger partial charge in [0, 0.05) is 25.0 Å². The van der Waals surface area contributed by atoms with Crippen molar-refractivity contribution in [2.24, 2.45) is 5.92 Å². The predicted octanol–water partition coefficient (Wildman–Crippen LogP) is 0.813. The van der Waals surface area contributed by atoms with E-state index >= 15 is 0 Å². The lowest BCUT2D eigenvalue weighted by Crippen LogP contribution is -2.33. The number of likely N-dealkylation sites (tertiary alicyclic amines) is 1. The third kappa shape index (κ3) is 3.17. The smallest absolute Gasteiger partial charge is 0.244 e. The van der Waals surface area contributed by atoms with Crippen LogP contribution in [0.1, 0.15) is 11.3 Å². The van der Waals surface area contributed by atoms with Crippen molar-refractivity contribution >= 4 is 21.4 Å². The molecule has 2 rings (SSSR count). The molecule has 0 aliphatic carbocycles. The van der Waals surface area contributed by atoms with Gasteiger partial charge in [-0.1, -0.05) is 0 Å². The molecule has 0 aromatic carbocycles. The van der Waals surface area contributed by atoms with Crippen molar-refractivity contribution in [1.29, 1.82) is 0 Å². The number of nitrogens with zero attached hydrogens (tertiary/aromatic N) is 2. The lowest BCUT2D eigenvalue weighted by molar-refractivity contribution is 0.282. The Balaban J connectivity index is 2.11. The van der Waals surface area contributed by atoms with Gasteiger partial charge in [0.05, 0.1) is 11.5 Å². The summed E-state index contributed by atoms with van der Waals surface area (Å²) in [5.74, 6) is 0.390. The molecule has 7 heteroatoms. The fraction of sp³-hybridized carbons (Fsp3) is 0.667. The van der Waals surface area contributed by atoms with E-state index < -0.39 is 10.0 Å². The van der Waals surface area contributed by atoms with E-state index in [1.807, 2.05) is 0 Å². The van der Waals surface area contributed by atoms with Crippen LogP contribution in [0, 0.1) is 5.92 Å². The van der Waals surface area contributed by atoms with E-state index in [-0.39, 0.29) is 11.5 Å². The number of aliphatic hydroxyl groups is 1. The third-order valence-electron chi connectivity index (χ3n) is 3.54. The summed E-state index contributed by atoms with van der Waals surface area (Å²) in [6.07, 6.45) is 1.03. The molecular weight excluding hydrogens is 284 g/mol. The topological polar surface area (TPSA) is 60.9 Å². The molecule has 1 aromatic heterocycles. The zero-order valence-electron chi connectivity index (χ0n) is 11.2. The Morgan fingerprint density at radius 2 is 2.32 bits per heavy atom. The summed E-state index contributed by atoms with van der Waals surface area (Å²) >= 11 is 1.27. The number of hydrogen-bond donors (Lipinski definition) is 1. The summed E-state index contributed by atoms with van der Waals surface area (Å²) in [7, 11) is 0.192. The number of rotatable bonds is 5. The quantitative estimate of drug-likeness (QED) is 0.874. The predicted molar refractivity (Wildman–Crippen MR) is 75.7 cm³/mol. The van der Waals surface area contributed by atoms with Crippen LogP contribution in [0.3, 0.4) is 0 Å². The van der Waals surface area contributed by atoms with Crippen molar-refractivity contribution in [3.63, 3.8) is 0 Å². The van der Waals surface area contributed by atoms with Crippen molar-refractivity contribution in [2.75, 3.05) is 33.7 Å². The molecular formula is C12H20N2O3S2. The van der Waals surface area contributed by atoms with E-state index in [1.165, 1.54) is 15.6 Å². The molecule has 0 bridgehead atoms. The van der Waals surface area contributed by atoms with Gasteiger partial charge in [0.1, 0.15) is 0 Å². The number of thiophene rings is 1. The molecule has 0 amide bonds. The summed E-state index contributed by atoms with van der Waals surface area (Å²) in [5, 5.41) is 10.9. The maximum atomic E-state index is 12.5. The van der Waals surface area contributed by atoms with Gasteiger partial charge in [0.25, 0.3) is 0 Å². The summed E-state index contributed by atoms with van der Waals surface area (Å²) in [4.78, 5) is 2.97. The first-order chi connectivity index (χ1) is 8.95. The molecule has 0 radical (unpaired) electrons. The summed E-state index contributed by atoms with van der Waals surface area (Å²) < 4.78 is 26.3. The number of hydrogen-bond acceptors (Lipinski definition) is 5. The van der Waals surface area contributed by atoms with Crippen molar-refractivity contribution in [1.82, 2.24) is 9.21 Å². The van der Waals surface area contributed by atoms with E-state index in [4.69, 9.17) is 0 Å². The first kappa shape index (κ1) is 14.9. The number of sulfonamides is 1. The lowest BCUT2D eigenvalue weighted by Gasteiger charge is -2.21. The monoisotopic (exact) mass is 304 g/mol. The van der Waals surface area contributed by atoms with Gasteiger partial charge in [-0.15, -0.1) is 11.3 Å². The SMILES string of the molecule is CN1CCC(CN(C)S(=O)(=O)c2ccsc2CO)C1. The molecule has 0 spiro atoms. The van der Waals surface area contributed by atoms with Gasteiger partial charge >= 0.3 is 0 Å². The van der Waals surface area contributed by atoms with Crippen LogP contribution in [0.2, 0.25) is 0 Å². The van der Waals surface area contributed by atoms with Gasteiger partial charge < -0.3 is 10.0 Å². The zero-order valence-corrected chi connectivity index (χ0v) is 12.9. The average Bonchev–Trinajstić information content (AvgIpc) is 2.97. The van der Waals surface area contributed by atoms with Gasteiger partial charge in [-0.3, -0.25) is 0 Å². The molecule has 1 aromatic rings. The van der Waals surface area contributed by atoms with E-state index in [2.05, 4.69) is 11.9 Å². The largest absolute Gasteiger partial charge is 0.391 e. The second-order valence-electron chi connectivity index (χ2n) is 5.07. The first-order valence-corrected chi connectivity index (χ1v) is 8.59. The zero-order chi connectivity index (χ0) is 14.0. The highest BCUT2D eigenvalue weighted by Crippen LogP contribution is 2.26. The van der Waals surface area contributed by atoms with Crippen LogP contribution in [0.5, 0.6) is 0 Å². The van der Waals surface area contributed by atoms with Gasteiger partial charge in [0.2, 0.25) is 10.0 Å². The van der Waals surface area contributed by atoms with E-state index in [1.54, 1.807) is 18.5 Å². The Morgan fingerprint density at radius 1 is 1.58 bits per heavy atom. The number of aliphatic hydroxyl groups excluding tert-OH is 1. The average molecular weight is 304 g/mol. The van der Waals surface area contributed by atoms with Crippen molar-refractivity contribution < 1.29 is 13.5 Å². The Bertz CT molecular complexity index is 527. The fourth-order valence-electron chi connectivity index (χ4n) is 2.48. The van der Waals surface area contributed by atoms with Crippen molar-refractivity contribution in [3.05, 3.63) is 16.3 Å². The highest BCUT2D eigenvalue weighted by Gasteiger charge is 2.29. The minimum Gasteiger partial charge on any atom is -0.391 e. The molecule has 108 valence electrons. The molecule has 1 unspecified atom stereocenters. The molecule has 1 fully saturated rings. The minimum atomic E-state index is -3.48. The van der Waals surface area contributed by atoms with E-state index in [0.29, 0.717) is 17.3 Å². The Labute approximate surface area is 118 Å². The van der Waals surface area contributed by atoms with E-state index in [0.717, 1.165) is 19.5 Å². The molecule has 2 heterocycles. The Kier molecular flexibility index (Phi) is 4.62. The Morgan fingerprint density at radius 3 is 2.89 bits per heavy atom. The van der Waals surface area contributed by atoms with Crippen LogP contribution < -0.4 is 0 Å². The highest BCUT2D eigenvalue weighted by atomic mass is 32.2. The lowest BCUT2D eigenvalue weighted by atomic mass is 10.1. The van der Waals surface area contributed by atoms with Crippen LogP contribution in [0.25, 0.3) is 0 Å². The minimum absolute atomic E-state index is 0.230. The summed E-state index contributed by atoms with van der Waals surface area (Å²) in [6.45, 7) is 2.27. The third-order valence-corrected chi connectivity index (χ3v) is 6.48. The fourth-order valence-corrected chi connectivity index (χ4v) is 4.99. The van der Waals surface area contributed by atoms with Crippen LogP contribution >= 0.6 is 11.3 Å². The van der Waals surface area contributed by atoms with Gasteiger partial charge in [0.15, 0.2) is 0 Å². The van der Waals surface area contributed by atoms with Crippen molar-refractivity contribution in [2.45, 2.75) is 17.9 Å². The van der Waals surface area contributed by atoms with Crippen molar-refractivity contribution in [3.8, 4) is 0 Å². The van der Waals surface area contributed by atoms with Crippen LogP contribution in [0.15, 0.2) is 16.3 Å². The summed E-state index contributed by atoms with van der Waals surface area (Å²) in [5.41, 5.74) is 0.